The lowest BCUT2D eigenvalue weighted by Crippen LogP contribution is -2.40. The fourth-order valence-electron chi connectivity index (χ4n) is 3.67. The number of thiocarbonyl (C=S) groups is 1. The Morgan fingerprint density at radius 2 is 1.79 bits per heavy atom. The summed E-state index contributed by atoms with van der Waals surface area (Å²) in [4.78, 5) is 6.41. The number of alkyl halides is 3. The van der Waals surface area contributed by atoms with Crippen molar-refractivity contribution in [2.45, 2.75) is 19.1 Å². The van der Waals surface area contributed by atoms with Gasteiger partial charge in [-0.1, -0.05) is 23.7 Å². The van der Waals surface area contributed by atoms with Gasteiger partial charge in [0.1, 0.15) is 0 Å². The summed E-state index contributed by atoms with van der Waals surface area (Å²) in [5.41, 5.74) is 1.73. The van der Waals surface area contributed by atoms with Gasteiger partial charge in [-0.05, 0) is 54.5 Å². The molecule has 0 aromatic heterocycles. The molecule has 2 aromatic carbocycles. The molecule has 5 nitrogen and oxygen atoms in total. The number of benzene rings is 2. The molecular weight excluding hydrogens is 485 g/mol. The zero-order valence-corrected chi connectivity index (χ0v) is 20.9. The van der Waals surface area contributed by atoms with Crippen LogP contribution in [0.25, 0.3) is 0 Å². The Labute approximate surface area is 209 Å². The van der Waals surface area contributed by atoms with Crippen LogP contribution in [0.3, 0.4) is 0 Å². The van der Waals surface area contributed by atoms with E-state index in [9.17, 15) is 13.2 Å². The van der Waals surface area contributed by atoms with Crippen molar-refractivity contribution in [2.24, 2.45) is 0 Å². The molecule has 0 unspecified atom stereocenters. The SMILES string of the molecule is CN(C)c1ccc(CN(CCCN2CCOCC2)C(=S)Nc2ccc(C(F)(F)F)cc2Cl)cc1. The van der Waals surface area contributed by atoms with Crippen LogP contribution in [-0.2, 0) is 17.5 Å². The molecule has 1 heterocycles. The van der Waals surface area contributed by atoms with Crippen LogP contribution in [-0.4, -0.2) is 68.4 Å². The number of hydrogen-bond acceptors (Lipinski definition) is 4. The molecule has 0 amide bonds. The van der Waals surface area contributed by atoms with E-state index in [0.29, 0.717) is 23.9 Å². The number of halogens is 4. The molecule has 186 valence electrons. The standard InChI is InChI=1S/C24H30ClF3N4OS/c1-30(2)20-7-4-18(5-8-20)17-32(11-3-10-31-12-14-33-15-13-31)23(34)29-22-9-6-19(16-21(22)25)24(26,27)28/h4-9,16H,3,10-15,17H2,1-2H3,(H,29,34). The van der Waals surface area contributed by atoms with Gasteiger partial charge >= 0.3 is 6.18 Å². The van der Waals surface area contributed by atoms with E-state index in [0.717, 1.165) is 62.7 Å². The topological polar surface area (TPSA) is 31.0 Å². The molecule has 0 atom stereocenters. The summed E-state index contributed by atoms with van der Waals surface area (Å²) in [7, 11) is 3.97. The minimum atomic E-state index is -4.45. The van der Waals surface area contributed by atoms with Crippen LogP contribution in [0.5, 0.6) is 0 Å². The lowest BCUT2D eigenvalue weighted by molar-refractivity contribution is -0.137. The first kappa shape index (κ1) is 26.5. The first-order valence-corrected chi connectivity index (χ1v) is 11.9. The minimum absolute atomic E-state index is 0.0271. The van der Waals surface area contributed by atoms with Gasteiger partial charge in [-0.3, -0.25) is 4.90 Å². The Bertz CT molecular complexity index is 950. The van der Waals surface area contributed by atoms with Gasteiger partial charge in [-0.15, -0.1) is 0 Å². The van der Waals surface area contributed by atoms with Crippen molar-refractivity contribution in [2.75, 3.05) is 63.7 Å². The molecule has 0 saturated carbocycles. The van der Waals surface area contributed by atoms with Crippen molar-refractivity contribution in [1.82, 2.24) is 9.80 Å². The maximum Gasteiger partial charge on any atom is 0.416 e. The van der Waals surface area contributed by atoms with E-state index in [1.54, 1.807) is 0 Å². The summed E-state index contributed by atoms with van der Waals surface area (Å²) in [6.45, 7) is 5.50. The number of rotatable bonds is 8. The van der Waals surface area contributed by atoms with E-state index in [2.05, 4.69) is 22.3 Å². The molecule has 0 radical (unpaired) electrons. The van der Waals surface area contributed by atoms with Gasteiger partial charge in [0.2, 0.25) is 0 Å². The predicted octanol–water partition coefficient (Wildman–Crippen LogP) is 5.35. The lowest BCUT2D eigenvalue weighted by atomic mass is 10.2. The highest BCUT2D eigenvalue weighted by Gasteiger charge is 2.31. The maximum absolute atomic E-state index is 13.0. The van der Waals surface area contributed by atoms with Crippen LogP contribution in [0.2, 0.25) is 5.02 Å². The van der Waals surface area contributed by atoms with Crippen LogP contribution in [0.15, 0.2) is 42.5 Å². The summed E-state index contributed by atoms with van der Waals surface area (Å²) in [5.74, 6) is 0. The van der Waals surface area contributed by atoms with E-state index in [1.165, 1.54) is 6.07 Å². The van der Waals surface area contributed by atoms with Gasteiger partial charge in [-0.25, -0.2) is 0 Å². The lowest BCUT2D eigenvalue weighted by Gasteiger charge is -2.30. The third-order valence-electron chi connectivity index (χ3n) is 5.66. The molecular formula is C24H30ClF3N4OS. The highest BCUT2D eigenvalue weighted by Crippen LogP contribution is 2.34. The second-order valence-corrected chi connectivity index (χ2v) is 9.21. The number of hydrogen-bond donors (Lipinski definition) is 1. The molecule has 10 heteroatoms. The summed E-state index contributed by atoms with van der Waals surface area (Å²) in [5, 5.41) is 3.43. The quantitative estimate of drug-likeness (QED) is 0.478. The van der Waals surface area contributed by atoms with E-state index in [1.807, 2.05) is 36.0 Å². The normalized spacial score (nSPS) is 14.6. The maximum atomic E-state index is 13.0. The molecule has 1 aliphatic heterocycles. The Morgan fingerprint density at radius 3 is 2.38 bits per heavy atom. The second-order valence-electron chi connectivity index (χ2n) is 8.41. The first-order valence-electron chi connectivity index (χ1n) is 11.1. The number of anilines is 2. The van der Waals surface area contributed by atoms with Crippen molar-refractivity contribution in [1.29, 1.82) is 0 Å². The van der Waals surface area contributed by atoms with E-state index >= 15 is 0 Å². The van der Waals surface area contributed by atoms with Gasteiger partial charge in [0.05, 0.1) is 29.5 Å². The predicted molar refractivity (Wildman–Crippen MR) is 136 cm³/mol. The number of morpholine rings is 1. The summed E-state index contributed by atoms with van der Waals surface area (Å²) in [6, 6.07) is 11.4. The first-order chi connectivity index (χ1) is 16.1. The van der Waals surface area contributed by atoms with Crippen LogP contribution in [0, 0.1) is 0 Å². The second kappa shape index (κ2) is 12.1. The van der Waals surface area contributed by atoms with Crippen molar-refractivity contribution in [3.63, 3.8) is 0 Å². The number of nitrogens with one attached hydrogen (secondary N) is 1. The molecule has 0 spiro atoms. The monoisotopic (exact) mass is 514 g/mol. The molecule has 1 N–H and O–H groups in total. The van der Waals surface area contributed by atoms with E-state index < -0.39 is 11.7 Å². The number of nitrogens with zero attached hydrogens (tertiary/aromatic N) is 3. The summed E-state index contributed by atoms with van der Waals surface area (Å²) in [6.07, 6.45) is -3.56. The largest absolute Gasteiger partial charge is 0.416 e. The van der Waals surface area contributed by atoms with Crippen LogP contribution in [0.1, 0.15) is 17.5 Å². The van der Waals surface area contributed by atoms with Crippen LogP contribution >= 0.6 is 23.8 Å². The molecule has 1 saturated heterocycles. The van der Waals surface area contributed by atoms with E-state index in [4.69, 9.17) is 28.6 Å². The molecule has 34 heavy (non-hydrogen) atoms. The zero-order valence-electron chi connectivity index (χ0n) is 19.4. The van der Waals surface area contributed by atoms with Crippen LogP contribution < -0.4 is 10.2 Å². The highest BCUT2D eigenvalue weighted by atomic mass is 35.5. The minimum Gasteiger partial charge on any atom is -0.379 e. The van der Waals surface area contributed by atoms with Crippen molar-refractivity contribution < 1.29 is 17.9 Å². The zero-order chi connectivity index (χ0) is 24.7. The van der Waals surface area contributed by atoms with Gasteiger partial charge in [0.15, 0.2) is 5.11 Å². The van der Waals surface area contributed by atoms with Gasteiger partial charge < -0.3 is 19.9 Å². The molecule has 3 rings (SSSR count). The van der Waals surface area contributed by atoms with Crippen LogP contribution in [0.4, 0.5) is 24.5 Å². The molecule has 0 bridgehead atoms. The van der Waals surface area contributed by atoms with Gasteiger partial charge in [0, 0.05) is 52.5 Å². The fourth-order valence-corrected chi connectivity index (χ4v) is 4.16. The van der Waals surface area contributed by atoms with Gasteiger partial charge in [0.25, 0.3) is 0 Å². The third-order valence-corrected chi connectivity index (χ3v) is 6.33. The fraction of sp³-hybridized carbons (Fsp3) is 0.458. The smallest absolute Gasteiger partial charge is 0.379 e. The molecule has 0 aliphatic carbocycles. The Hall–Kier alpha value is -2.07. The van der Waals surface area contributed by atoms with Crippen molar-refractivity contribution >= 4 is 40.3 Å². The molecule has 1 fully saturated rings. The third kappa shape index (κ3) is 7.73. The van der Waals surface area contributed by atoms with Crippen molar-refractivity contribution in [3.05, 3.63) is 58.6 Å². The molecule has 1 aliphatic rings. The molecule has 2 aromatic rings. The average Bonchev–Trinajstić information content (AvgIpc) is 2.80. The van der Waals surface area contributed by atoms with Crippen molar-refractivity contribution in [3.8, 4) is 0 Å². The Morgan fingerprint density at radius 1 is 1.12 bits per heavy atom. The van der Waals surface area contributed by atoms with Gasteiger partial charge in [-0.2, -0.15) is 13.2 Å². The van der Waals surface area contributed by atoms with E-state index in [-0.39, 0.29) is 5.02 Å². The average molecular weight is 515 g/mol. The summed E-state index contributed by atoms with van der Waals surface area (Å²) >= 11 is 11.8. The highest BCUT2D eigenvalue weighted by molar-refractivity contribution is 7.80. The number of ether oxygens (including phenoxy) is 1. The summed E-state index contributed by atoms with van der Waals surface area (Å²) < 4.78 is 44.3. The Kier molecular flexibility index (Phi) is 9.41. The Balaban J connectivity index is 1.69.